The molecule has 0 saturated heterocycles. The molecule has 0 fully saturated rings. The summed E-state index contributed by atoms with van der Waals surface area (Å²) in [7, 11) is -4.36. The monoisotopic (exact) mass is 307 g/mol. The highest BCUT2D eigenvalue weighted by Gasteiger charge is 2.48. The van der Waals surface area contributed by atoms with Crippen molar-refractivity contribution in [2.24, 2.45) is 0 Å². The van der Waals surface area contributed by atoms with E-state index in [4.69, 9.17) is 4.74 Å². The van der Waals surface area contributed by atoms with E-state index < -0.39 is 27.1 Å². The normalized spacial score (nSPS) is 16.6. The summed E-state index contributed by atoms with van der Waals surface area (Å²) in [4.78, 5) is 13.5. The molecular formula is C13H25NO5S. The third kappa shape index (κ3) is 4.29. The quantitative estimate of drug-likeness (QED) is 0.319. The molecule has 0 aliphatic rings. The maximum Gasteiger partial charge on any atom is 0.334 e. The van der Waals surface area contributed by atoms with Gasteiger partial charge >= 0.3 is 5.97 Å². The van der Waals surface area contributed by atoms with E-state index in [2.05, 4.69) is 6.58 Å². The molecule has 0 aliphatic carbocycles. The summed E-state index contributed by atoms with van der Waals surface area (Å²) in [5, 5.41) is -1.22. The molecule has 0 aromatic rings. The fourth-order valence-electron chi connectivity index (χ4n) is 2.33. The largest absolute Gasteiger partial charge is 0.439 e. The third-order valence-corrected chi connectivity index (χ3v) is 4.86. The Kier molecular flexibility index (Phi) is 6.86. The third-order valence-electron chi connectivity index (χ3n) is 3.37. The summed E-state index contributed by atoms with van der Waals surface area (Å²) in [6.07, 6.45) is 0.120. The van der Waals surface area contributed by atoms with Gasteiger partial charge in [-0.3, -0.25) is 9.45 Å². The predicted octanol–water partition coefficient (Wildman–Crippen LogP) is 1.83. The van der Waals surface area contributed by atoms with E-state index in [1.165, 1.54) is 13.8 Å². The van der Waals surface area contributed by atoms with E-state index in [1.807, 2.05) is 13.8 Å². The molecule has 0 saturated carbocycles. The Morgan fingerprint density at radius 2 is 1.80 bits per heavy atom. The minimum atomic E-state index is -4.36. The number of rotatable bonds is 8. The number of ether oxygens (including phenoxy) is 1. The highest BCUT2D eigenvalue weighted by Crippen LogP contribution is 2.29. The van der Waals surface area contributed by atoms with Crippen molar-refractivity contribution in [2.45, 2.75) is 52.0 Å². The van der Waals surface area contributed by atoms with Gasteiger partial charge in [0.05, 0.1) is 0 Å². The van der Waals surface area contributed by atoms with Crippen LogP contribution in [-0.2, 0) is 19.6 Å². The molecule has 1 N–H and O–H groups in total. The molecule has 0 amide bonds. The van der Waals surface area contributed by atoms with Gasteiger partial charge < -0.3 is 4.74 Å². The summed E-state index contributed by atoms with van der Waals surface area (Å²) in [5.41, 5.74) is -1.27. The molecule has 0 heterocycles. The van der Waals surface area contributed by atoms with Crippen molar-refractivity contribution in [3.8, 4) is 0 Å². The van der Waals surface area contributed by atoms with Crippen LogP contribution in [0.15, 0.2) is 12.2 Å². The van der Waals surface area contributed by atoms with Gasteiger partial charge in [-0.15, -0.1) is 0 Å². The molecule has 0 aromatic heterocycles. The molecule has 0 radical (unpaired) electrons. The van der Waals surface area contributed by atoms with Crippen LogP contribution >= 0.6 is 0 Å². The van der Waals surface area contributed by atoms with Crippen LogP contribution in [-0.4, -0.2) is 47.9 Å². The van der Waals surface area contributed by atoms with Gasteiger partial charge in [-0.25, -0.2) is 4.79 Å². The van der Waals surface area contributed by atoms with Crippen LogP contribution in [0.2, 0.25) is 0 Å². The summed E-state index contributed by atoms with van der Waals surface area (Å²) in [6.45, 7) is 12.7. The number of carbonyl (C=O) groups is 1. The molecule has 2 unspecified atom stereocenters. The van der Waals surface area contributed by atoms with Crippen molar-refractivity contribution < 1.29 is 22.5 Å². The average Bonchev–Trinajstić information content (AvgIpc) is 2.28. The van der Waals surface area contributed by atoms with Crippen LogP contribution in [0.5, 0.6) is 0 Å². The summed E-state index contributed by atoms with van der Waals surface area (Å²) in [6, 6.07) is 0. The first-order valence-electron chi connectivity index (χ1n) is 6.64. The second kappa shape index (κ2) is 7.19. The second-order valence-corrected chi connectivity index (χ2v) is 6.41. The Hall–Kier alpha value is -0.920. The van der Waals surface area contributed by atoms with Gasteiger partial charge in [-0.05, 0) is 33.4 Å². The molecule has 0 bridgehead atoms. The first kappa shape index (κ1) is 19.1. The Balaban J connectivity index is 5.79. The molecule has 6 nitrogen and oxygen atoms in total. The lowest BCUT2D eigenvalue weighted by molar-refractivity contribution is -0.176. The number of hydrogen-bond acceptors (Lipinski definition) is 5. The van der Waals surface area contributed by atoms with E-state index in [-0.39, 0.29) is 12.0 Å². The fourth-order valence-corrected chi connectivity index (χ4v) is 3.50. The number of nitrogens with zero attached hydrogens (tertiary/aromatic N) is 1. The lowest BCUT2D eigenvalue weighted by atomic mass is 10.1. The maximum atomic E-state index is 11.8. The van der Waals surface area contributed by atoms with Crippen molar-refractivity contribution in [3.05, 3.63) is 12.2 Å². The molecule has 2 atom stereocenters. The van der Waals surface area contributed by atoms with Gasteiger partial charge in [0, 0.05) is 5.57 Å². The molecule has 20 heavy (non-hydrogen) atoms. The lowest BCUT2D eigenvalue weighted by Crippen LogP contribution is -2.59. The zero-order chi connectivity index (χ0) is 16.1. The van der Waals surface area contributed by atoms with E-state index in [9.17, 15) is 17.8 Å². The van der Waals surface area contributed by atoms with E-state index in [1.54, 1.807) is 11.8 Å². The molecule has 0 aliphatic heterocycles. The molecule has 0 spiro atoms. The maximum absolute atomic E-state index is 11.8. The van der Waals surface area contributed by atoms with Crippen LogP contribution in [0.4, 0.5) is 0 Å². The summed E-state index contributed by atoms with van der Waals surface area (Å²) in [5.74, 6) is -0.679. The molecule has 7 heteroatoms. The van der Waals surface area contributed by atoms with Gasteiger partial charge in [0.2, 0.25) is 0 Å². The highest BCUT2D eigenvalue weighted by molar-refractivity contribution is 7.86. The zero-order valence-electron chi connectivity index (χ0n) is 12.8. The second-order valence-electron chi connectivity index (χ2n) is 4.81. The number of hydrogen-bond donors (Lipinski definition) is 1. The first-order chi connectivity index (χ1) is 9.04. The van der Waals surface area contributed by atoms with Crippen LogP contribution in [0, 0.1) is 0 Å². The van der Waals surface area contributed by atoms with Crippen molar-refractivity contribution in [1.82, 2.24) is 4.90 Å². The van der Waals surface area contributed by atoms with Gasteiger partial charge in [-0.2, -0.15) is 8.42 Å². The minimum Gasteiger partial charge on any atom is -0.439 e. The topological polar surface area (TPSA) is 83.9 Å². The SMILES string of the molecule is C=C(C)C(=O)OC(C)(C(CC)S(=O)(=O)O)N(CC)CC. The van der Waals surface area contributed by atoms with Crippen LogP contribution in [0.3, 0.4) is 0 Å². The Bertz CT molecular complexity index is 455. The summed E-state index contributed by atoms with van der Waals surface area (Å²) >= 11 is 0. The van der Waals surface area contributed by atoms with Gasteiger partial charge in [0.25, 0.3) is 10.1 Å². The Morgan fingerprint density at radius 1 is 1.35 bits per heavy atom. The first-order valence-corrected chi connectivity index (χ1v) is 8.15. The average molecular weight is 307 g/mol. The van der Waals surface area contributed by atoms with Crippen molar-refractivity contribution >= 4 is 16.1 Å². The smallest absolute Gasteiger partial charge is 0.334 e. The van der Waals surface area contributed by atoms with Gasteiger partial charge in [0.1, 0.15) is 5.25 Å². The Labute approximate surface area is 121 Å². The molecule has 0 aromatic carbocycles. The fraction of sp³-hybridized carbons (Fsp3) is 0.769. The van der Waals surface area contributed by atoms with Gasteiger partial charge in [-0.1, -0.05) is 27.4 Å². The van der Waals surface area contributed by atoms with E-state index in [0.717, 1.165) is 0 Å². The predicted molar refractivity (Wildman–Crippen MR) is 77.9 cm³/mol. The standard InChI is InChI=1S/C13H25NO5S/c1-7-11(20(16,17)18)13(6,14(8-2)9-3)19-12(15)10(4)5/h11H,4,7-9H2,1-3,5-6H3,(H,16,17,18). The highest BCUT2D eigenvalue weighted by atomic mass is 32.2. The zero-order valence-corrected chi connectivity index (χ0v) is 13.7. The van der Waals surface area contributed by atoms with Crippen molar-refractivity contribution in [2.75, 3.05) is 13.1 Å². The Morgan fingerprint density at radius 3 is 2.05 bits per heavy atom. The van der Waals surface area contributed by atoms with Crippen molar-refractivity contribution in [3.63, 3.8) is 0 Å². The molecule has 0 rings (SSSR count). The van der Waals surface area contributed by atoms with E-state index in [0.29, 0.717) is 13.1 Å². The number of carbonyl (C=O) groups excluding carboxylic acids is 1. The van der Waals surface area contributed by atoms with Crippen LogP contribution in [0.1, 0.15) is 41.0 Å². The number of esters is 1. The van der Waals surface area contributed by atoms with Gasteiger partial charge in [0.15, 0.2) is 5.72 Å². The molecule has 118 valence electrons. The summed E-state index contributed by atoms with van der Waals surface area (Å²) < 4.78 is 38.0. The van der Waals surface area contributed by atoms with Crippen LogP contribution < -0.4 is 0 Å². The molecular weight excluding hydrogens is 282 g/mol. The van der Waals surface area contributed by atoms with Crippen LogP contribution in [0.25, 0.3) is 0 Å². The minimum absolute atomic E-state index is 0.120. The van der Waals surface area contributed by atoms with E-state index >= 15 is 0 Å². The van der Waals surface area contributed by atoms with Crippen molar-refractivity contribution in [1.29, 1.82) is 0 Å². The lowest BCUT2D eigenvalue weighted by Gasteiger charge is -2.43.